The highest BCUT2D eigenvalue weighted by Gasteiger charge is 2.59. The fraction of sp³-hybridized carbons (Fsp3) is 0.259. The number of fused-ring (bicyclic) bond motifs is 1. The molecule has 3 aromatic carbocycles. The van der Waals surface area contributed by atoms with Crippen LogP contribution in [-0.2, 0) is 21.0 Å². The maximum Gasteiger partial charge on any atom is 0.265 e. The Bertz CT molecular complexity index is 1230. The first-order valence-corrected chi connectivity index (χ1v) is 12.2. The highest BCUT2D eigenvalue weighted by Crippen LogP contribution is 2.46. The average molecular weight is 537 g/mol. The van der Waals surface area contributed by atoms with Crippen LogP contribution in [0.15, 0.2) is 77.3 Å². The second-order valence-corrected chi connectivity index (χ2v) is 9.36. The number of rotatable bonds is 7. The summed E-state index contributed by atoms with van der Waals surface area (Å²) >= 11 is 3.39. The third kappa shape index (κ3) is 4.45. The lowest BCUT2D eigenvalue weighted by molar-refractivity contribution is -0.160. The van der Waals surface area contributed by atoms with Gasteiger partial charge in [-0.15, -0.1) is 0 Å². The molecular weight excluding hydrogens is 512 g/mol. The minimum absolute atomic E-state index is 0.279. The number of anilines is 1. The number of amides is 2. The maximum absolute atomic E-state index is 13.5. The second kappa shape index (κ2) is 9.81. The van der Waals surface area contributed by atoms with E-state index in [4.69, 9.17) is 14.3 Å². The van der Waals surface area contributed by atoms with Crippen molar-refractivity contribution in [2.45, 2.75) is 25.7 Å². The molecule has 180 valence electrons. The monoisotopic (exact) mass is 536 g/mol. The molecule has 3 atom stereocenters. The van der Waals surface area contributed by atoms with Gasteiger partial charge in [0, 0.05) is 11.5 Å². The molecule has 0 aromatic heterocycles. The van der Waals surface area contributed by atoms with Crippen LogP contribution in [0.1, 0.15) is 24.1 Å². The third-order valence-electron chi connectivity index (χ3n) is 6.24. The van der Waals surface area contributed by atoms with Gasteiger partial charge >= 0.3 is 0 Å². The topological polar surface area (TPSA) is 68.3 Å². The highest BCUT2D eigenvalue weighted by atomic mass is 79.9. The normalized spacial score (nSPS) is 21.9. The molecule has 0 N–H and O–H groups in total. The van der Waals surface area contributed by atoms with Crippen LogP contribution < -0.4 is 14.4 Å². The molecule has 2 aliphatic heterocycles. The van der Waals surface area contributed by atoms with Crippen LogP contribution >= 0.6 is 15.9 Å². The number of benzene rings is 3. The number of halogens is 1. The van der Waals surface area contributed by atoms with Crippen molar-refractivity contribution >= 4 is 33.4 Å². The lowest BCUT2D eigenvalue weighted by atomic mass is 9.91. The smallest absolute Gasteiger partial charge is 0.265 e. The first kappa shape index (κ1) is 23.5. The van der Waals surface area contributed by atoms with Crippen LogP contribution in [0, 0.1) is 5.92 Å². The van der Waals surface area contributed by atoms with E-state index in [2.05, 4.69) is 15.9 Å². The number of hydrogen-bond acceptors (Lipinski definition) is 6. The molecule has 0 saturated carbocycles. The Labute approximate surface area is 212 Å². The molecule has 35 heavy (non-hydrogen) atoms. The van der Waals surface area contributed by atoms with Gasteiger partial charge in [-0.25, -0.2) is 4.90 Å². The van der Waals surface area contributed by atoms with Gasteiger partial charge < -0.3 is 9.47 Å². The molecule has 0 radical (unpaired) electrons. The van der Waals surface area contributed by atoms with Crippen LogP contribution in [0.2, 0.25) is 0 Å². The summed E-state index contributed by atoms with van der Waals surface area (Å²) in [5, 5.41) is 1.60. The summed E-state index contributed by atoms with van der Waals surface area (Å²) in [6.45, 7) is 2.78. The largest absolute Gasteiger partial charge is 0.490 e. The van der Waals surface area contributed by atoms with Crippen molar-refractivity contribution in [3.8, 4) is 11.5 Å². The predicted molar refractivity (Wildman–Crippen MR) is 134 cm³/mol. The zero-order valence-corrected chi connectivity index (χ0v) is 21.0. The molecule has 2 heterocycles. The quantitative estimate of drug-likeness (QED) is 0.400. The molecule has 0 aliphatic carbocycles. The standard InChI is InChI=1S/C27H25BrN2O5/c1-3-33-22-15-18(9-14-21(22)34-16-17-7-5-4-6-8-17)24-23-25(35-29(24)2)27(32)30(26(23)31)20-12-10-19(28)11-13-20/h4-15,23-25H,3,16H2,1-2H3/t23-,24-,25+/m1/s1. The van der Waals surface area contributed by atoms with Crippen molar-refractivity contribution in [3.05, 3.63) is 88.4 Å². The number of hydrogen-bond donors (Lipinski definition) is 0. The molecular formula is C27H25BrN2O5. The van der Waals surface area contributed by atoms with Gasteiger partial charge in [-0.1, -0.05) is 52.3 Å². The van der Waals surface area contributed by atoms with Crippen LogP contribution in [0.5, 0.6) is 11.5 Å². The summed E-state index contributed by atoms with van der Waals surface area (Å²) in [4.78, 5) is 33.7. The number of nitrogens with zero attached hydrogens (tertiary/aromatic N) is 2. The molecule has 8 heteroatoms. The van der Waals surface area contributed by atoms with E-state index in [1.165, 1.54) is 4.90 Å². The van der Waals surface area contributed by atoms with E-state index in [0.29, 0.717) is 30.4 Å². The molecule has 0 unspecified atom stereocenters. The third-order valence-corrected chi connectivity index (χ3v) is 6.77. The predicted octanol–water partition coefficient (Wildman–Crippen LogP) is 4.90. The molecule has 7 nitrogen and oxygen atoms in total. The van der Waals surface area contributed by atoms with Gasteiger partial charge in [0.2, 0.25) is 5.91 Å². The van der Waals surface area contributed by atoms with Crippen molar-refractivity contribution < 1.29 is 23.9 Å². The fourth-order valence-electron chi connectivity index (χ4n) is 4.64. The molecule has 2 fully saturated rings. The van der Waals surface area contributed by atoms with E-state index >= 15 is 0 Å². The van der Waals surface area contributed by atoms with E-state index in [-0.39, 0.29) is 11.8 Å². The SMILES string of the molecule is CCOc1cc([C@@H]2[C@H]3C(=O)N(c4ccc(Br)cc4)C(=O)[C@H]3ON2C)ccc1OCc1ccccc1. The Morgan fingerprint density at radius 1 is 0.914 bits per heavy atom. The fourth-order valence-corrected chi connectivity index (χ4v) is 4.91. The summed E-state index contributed by atoms with van der Waals surface area (Å²) < 4.78 is 12.8. The number of hydroxylamine groups is 2. The molecule has 2 aliphatic rings. The molecule has 3 aromatic rings. The highest BCUT2D eigenvalue weighted by molar-refractivity contribution is 9.10. The van der Waals surface area contributed by atoms with Gasteiger partial charge in [-0.3, -0.25) is 14.4 Å². The summed E-state index contributed by atoms with van der Waals surface area (Å²) in [5.74, 6) is -0.104. The summed E-state index contributed by atoms with van der Waals surface area (Å²) in [7, 11) is 1.74. The number of imide groups is 1. The van der Waals surface area contributed by atoms with Crippen molar-refractivity contribution in [1.29, 1.82) is 0 Å². The van der Waals surface area contributed by atoms with Gasteiger partial charge in [0.15, 0.2) is 17.6 Å². The second-order valence-electron chi connectivity index (χ2n) is 8.44. The molecule has 5 rings (SSSR count). The molecule has 2 amide bonds. The Kier molecular flexibility index (Phi) is 6.60. The van der Waals surface area contributed by atoms with Gasteiger partial charge in [-0.05, 0) is 54.4 Å². The Morgan fingerprint density at radius 3 is 2.37 bits per heavy atom. The van der Waals surface area contributed by atoms with Gasteiger partial charge in [0.25, 0.3) is 5.91 Å². The lowest BCUT2D eigenvalue weighted by Crippen LogP contribution is -2.36. The van der Waals surface area contributed by atoms with E-state index < -0.39 is 18.1 Å². The van der Waals surface area contributed by atoms with Crippen LogP contribution in [0.3, 0.4) is 0 Å². The summed E-state index contributed by atoms with van der Waals surface area (Å²) in [5.41, 5.74) is 2.39. The van der Waals surface area contributed by atoms with Crippen molar-refractivity contribution in [3.63, 3.8) is 0 Å². The van der Waals surface area contributed by atoms with Crippen molar-refractivity contribution in [2.75, 3.05) is 18.6 Å². The van der Waals surface area contributed by atoms with E-state index in [1.54, 1.807) is 36.4 Å². The number of carbonyl (C=O) groups excluding carboxylic acids is 2. The van der Waals surface area contributed by atoms with E-state index in [1.807, 2.05) is 55.5 Å². The van der Waals surface area contributed by atoms with Crippen LogP contribution in [-0.4, -0.2) is 36.6 Å². The Hall–Kier alpha value is -3.20. The lowest BCUT2D eigenvalue weighted by Gasteiger charge is -2.25. The minimum atomic E-state index is -0.870. The van der Waals surface area contributed by atoms with Gasteiger partial charge in [-0.2, -0.15) is 5.06 Å². The van der Waals surface area contributed by atoms with Crippen molar-refractivity contribution in [2.24, 2.45) is 5.92 Å². The van der Waals surface area contributed by atoms with Gasteiger partial charge in [0.1, 0.15) is 6.61 Å². The average Bonchev–Trinajstić information content (AvgIpc) is 3.33. The summed E-state index contributed by atoms with van der Waals surface area (Å²) in [6, 6.07) is 22.2. The van der Waals surface area contributed by atoms with E-state index in [9.17, 15) is 9.59 Å². The zero-order valence-electron chi connectivity index (χ0n) is 19.4. The van der Waals surface area contributed by atoms with Crippen LogP contribution in [0.4, 0.5) is 5.69 Å². The zero-order chi connectivity index (χ0) is 24.5. The number of ether oxygens (including phenoxy) is 2. The molecule has 2 saturated heterocycles. The van der Waals surface area contributed by atoms with Gasteiger partial charge in [0.05, 0.1) is 24.3 Å². The first-order valence-electron chi connectivity index (χ1n) is 11.4. The summed E-state index contributed by atoms with van der Waals surface area (Å²) in [6.07, 6.45) is -0.870. The Balaban J connectivity index is 1.42. The minimum Gasteiger partial charge on any atom is -0.490 e. The molecule has 0 bridgehead atoms. The maximum atomic E-state index is 13.5. The Morgan fingerprint density at radius 2 is 1.66 bits per heavy atom. The number of carbonyl (C=O) groups is 2. The molecule has 0 spiro atoms. The first-order chi connectivity index (χ1) is 17.0. The van der Waals surface area contributed by atoms with Crippen LogP contribution in [0.25, 0.3) is 0 Å². The van der Waals surface area contributed by atoms with E-state index in [0.717, 1.165) is 15.6 Å². The van der Waals surface area contributed by atoms with Crippen molar-refractivity contribution in [1.82, 2.24) is 5.06 Å².